The molecule has 3 aromatic carbocycles. The van der Waals surface area contributed by atoms with E-state index in [1.54, 1.807) is 18.2 Å². The number of nitrogens with zero attached hydrogens (tertiary/aromatic N) is 2. The van der Waals surface area contributed by atoms with E-state index in [-0.39, 0.29) is 6.10 Å². The maximum atomic E-state index is 9.08. The highest BCUT2D eigenvalue weighted by Crippen LogP contribution is 2.31. The Kier molecular flexibility index (Phi) is 13.1. The maximum absolute atomic E-state index is 9.08. The first-order valence-corrected chi connectivity index (χ1v) is 15.9. The zero-order valence-corrected chi connectivity index (χ0v) is 26.4. The van der Waals surface area contributed by atoms with Crippen LogP contribution in [0.3, 0.4) is 0 Å². The molecule has 0 aliphatic heterocycles. The summed E-state index contributed by atoms with van der Waals surface area (Å²) in [6.07, 6.45) is 7.19. The van der Waals surface area contributed by atoms with Gasteiger partial charge in [-0.3, -0.25) is 0 Å². The average Bonchev–Trinajstić information content (AvgIpc) is 3.32. The molecule has 0 aliphatic carbocycles. The lowest BCUT2D eigenvalue weighted by molar-refractivity contribution is -0.704. The monoisotopic (exact) mass is 678 g/mol. The quantitative estimate of drug-likeness (QED) is 0.0924. The van der Waals surface area contributed by atoms with Crippen LogP contribution in [-0.2, 0) is 34.6 Å². The molecule has 41 heavy (non-hydrogen) atoms. The van der Waals surface area contributed by atoms with E-state index in [1.807, 2.05) is 61.2 Å². The number of benzene rings is 3. The molecule has 0 N–H and O–H groups in total. The van der Waals surface area contributed by atoms with E-state index in [2.05, 4.69) is 9.13 Å². The van der Waals surface area contributed by atoms with Crippen LogP contribution in [-0.4, -0.2) is 30.4 Å². The van der Waals surface area contributed by atoms with Crippen LogP contribution in [0.5, 0.6) is 5.75 Å². The van der Waals surface area contributed by atoms with Crippen molar-refractivity contribution in [3.63, 3.8) is 0 Å². The van der Waals surface area contributed by atoms with Crippen LogP contribution in [0.2, 0.25) is 25.1 Å². The lowest BCUT2D eigenvalue weighted by atomic mass is 10.1. The van der Waals surface area contributed by atoms with Gasteiger partial charge < -0.3 is 14.0 Å². The Labute approximate surface area is 264 Å². The molecule has 13 heteroatoms. The third kappa shape index (κ3) is 12.4. The minimum atomic E-state index is -3.92. The summed E-state index contributed by atoms with van der Waals surface area (Å²) in [6.45, 7) is 2.26. The number of hydrogen-bond acceptors (Lipinski definition) is 5. The topological polar surface area (TPSA) is 84.5 Å². The minimum Gasteiger partial charge on any atom is -0.748 e. The largest absolute Gasteiger partial charge is 0.748 e. The van der Waals surface area contributed by atoms with Gasteiger partial charge in [-0.1, -0.05) is 76.2 Å². The molecule has 0 fully saturated rings. The molecule has 1 aromatic heterocycles. The lowest BCUT2D eigenvalue weighted by Gasteiger charge is -2.19. The van der Waals surface area contributed by atoms with E-state index >= 15 is 0 Å². The molecule has 1 unspecified atom stereocenters. The van der Waals surface area contributed by atoms with Crippen LogP contribution in [0.1, 0.15) is 23.7 Å². The second-order valence-corrected chi connectivity index (χ2v) is 12.4. The first-order valence-electron chi connectivity index (χ1n) is 12.2. The Bertz CT molecular complexity index is 1540. The first kappa shape index (κ1) is 33.5. The van der Waals surface area contributed by atoms with E-state index in [0.29, 0.717) is 51.1 Å². The molecule has 7 nitrogen and oxygen atoms in total. The molecule has 0 bridgehead atoms. The predicted octanol–water partition coefficient (Wildman–Crippen LogP) is 7.63. The van der Waals surface area contributed by atoms with Crippen molar-refractivity contribution in [3.8, 4) is 5.75 Å². The Morgan fingerprint density at radius 1 is 0.927 bits per heavy atom. The minimum absolute atomic E-state index is 0.307. The SMILES string of the molecule is CS(=O)(=O)[O-].Clc1cccc(OCCCn2cc[n+](CC(OCc3ccc(Cl)cc3Cl)c3ccc(Cl)cc3Cl)c2)c1. The highest BCUT2D eigenvalue weighted by Gasteiger charge is 2.20. The summed E-state index contributed by atoms with van der Waals surface area (Å²) >= 11 is 31.0. The lowest BCUT2D eigenvalue weighted by Crippen LogP contribution is -2.35. The van der Waals surface area contributed by atoms with Crippen molar-refractivity contribution in [2.24, 2.45) is 0 Å². The normalized spacial score (nSPS) is 12.0. The summed E-state index contributed by atoms with van der Waals surface area (Å²) in [4.78, 5) is 0. The van der Waals surface area contributed by atoms with Gasteiger partial charge in [-0.2, -0.15) is 0 Å². The Morgan fingerprint density at radius 3 is 2.24 bits per heavy atom. The molecule has 0 saturated carbocycles. The Balaban J connectivity index is 0.000000850. The predicted molar refractivity (Wildman–Crippen MR) is 162 cm³/mol. The molecule has 0 amide bonds. The standard InChI is InChI=1S/C27H24Cl5N2O2.CH4O3S/c28-20-3-1-4-23(13-20)35-12-2-9-33-10-11-34(18-33)16-27(24-8-7-22(30)15-26(24)32)36-17-19-5-6-21(29)14-25(19)31;1-5(2,3)4/h1,3-8,10-11,13-15,18,27H,2,9,12,16-17H2;1H3,(H,2,3,4)/q+1;/p-1. The van der Waals surface area contributed by atoms with Crippen molar-refractivity contribution in [1.29, 1.82) is 0 Å². The molecular weight excluding hydrogens is 654 g/mol. The third-order valence-corrected chi connectivity index (χ3v) is 6.90. The fourth-order valence-corrected chi connectivity index (χ4v) is 4.87. The molecule has 0 radical (unpaired) electrons. The van der Waals surface area contributed by atoms with Gasteiger partial charge in [0.1, 0.15) is 30.8 Å². The number of rotatable bonds is 11. The van der Waals surface area contributed by atoms with E-state index in [0.717, 1.165) is 29.8 Å². The molecule has 0 saturated heterocycles. The maximum Gasteiger partial charge on any atom is 0.243 e. The molecule has 0 spiro atoms. The van der Waals surface area contributed by atoms with Gasteiger partial charge >= 0.3 is 0 Å². The van der Waals surface area contributed by atoms with Gasteiger partial charge in [-0.15, -0.1) is 0 Å². The van der Waals surface area contributed by atoms with E-state index in [9.17, 15) is 0 Å². The fourth-order valence-electron chi connectivity index (χ4n) is 3.70. The highest BCUT2D eigenvalue weighted by atomic mass is 35.5. The molecule has 0 aliphatic rings. The molecule has 4 rings (SSSR count). The second-order valence-electron chi connectivity index (χ2n) is 8.91. The van der Waals surface area contributed by atoms with Gasteiger partial charge in [0.2, 0.25) is 6.33 Å². The average molecular weight is 681 g/mol. The van der Waals surface area contributed by atoms with E-state index in [4.69, 9.17) is 80.4 Å². The molecule has 1 heterocycles. The van der Waals surface area contributed by atoms with Crippen molar-refractivity contribution in [2.75, 3.05) is 12.9 Å². The second kappa shape index (κ2) is 16.0. The molecule has 1 atom stereocenters. The van der Waals surface area contributed by atoms with Crippen LogP contribution in [0.25, 0.3) is 0 Å². The zero-order valence-electron chi connectivity index (χ0n) is 21.9. The smallest absolute Gasteiger partial charge is 0.243 e. The van der Waals surface area contributed by atoms with Gasteiger partial charge in [0, 0.05) is 43.4 Å². The van der Waals surface area contributed by atoms with Crippen molar-refractivity contribution in [1.82, 2.24) is 4.57 Å². The third-order valence-electron chi connectivity index (χ3n) is 5.51. The summed E-state index contributed by atoms with van der Waals surface area (Å²) in [7, 11) is -3.92. The van der Waals surface area contributed by atoms with Crippen molar-refractivity contribution in [3.05, 3.63) is 116 Å². The van der Waals surface area contributed by atoms with Gasteiger partial charge in [-0.25, -0.2) is 17.6 Å². The molecular formula is C28H27Cl5N2O5S. The zero-order chi connectivity index (χ0) is 30.0. The summed E-state index contributed by atoms with van der Waals surface area (Å²) < 4.78 is 43.5. The fraction of sp³-hybridized carbons (Fsp3) is 0.250. The van der Waals surface area contributed by atoms with Gasteiger partial charge in [-0.05, 0) is 48.0 Å². The van der Waals surface area contributed by atoms with Crippen molar-refractivity contribution in [2.45, 2.75) is 32.2 Å². The Morgan fingerprint density at radius 2 is 1.59 bits per heavy atom. The van der Waals surface area contributed by atoms with Gasteiger partial charge in [0.15, 0.2) is 0 Å². The van der Waals surface area contributed by atoms with Crippen molar-refractivity contribution < 1.29 is 27.0 Å². The van der Waals surface area contributed by atoms with Gasteiger partial charge in [0.05, 0.1) is 29.9 Å². The first-order chi connectivity index (χ1) is 19.4. The number of imidazole rings is 1. The molecule has 4 aromatic rings. The Hall–Kier alpha value is -2.01. The van der Waals surface area contributed by atoms with Crippen LogP contribution in [0, 0.1) is 0 Å². The summed E-state index contributed by atoms with van der Waals surface area (Å²) in [6, 6.07) is 18.2. The van der Waals surface area contributed by atoms with Crippen LogP contribution in [0.15, 0.2) is 79.4 Å². The summed E-state index contributed by atoms with van der Waals surface area (Å²) in [5, 5.41) is 2.92. The van der Waals surface area contributed by atoms with Crippen molar-refractivity contribution >= 4 is 68.1 Å². The number of hydrogen-bond donors (Lipinski definition) is 0. The summed E-state index contributed by atoms with van der Waals surface area (Å²) in [5.41, 5.74) is 1.69. The summed E-state index contributed by atoms with van der Waals surface area (Å²) in [5.74, 6) is 0.769. The number of ether oxygens (including phenoxy) is 2. The highest BCUT2D eigenvalue weighted by molar-refractivity contribution is 7.84. The van der Waals surface area contributed by atoms with Crippen LogP contribution in [0.4, 0.5) is 0 Å². The number of aryl methyl sites for hydroxylation is 1. The van der Waals surface area contributed by atoms with E-state index < -0.39 is 10.1 Å². The number of halogens is 5. The van der Waals surface area contributed by atoms with Crippen LogP contribution < -0.4 is 9.30 Å². The van der Waals surface area contributed by atoms with Gasteiger partial charge in [0.25, 0.3) is 0 Å². The molecule has 220 valence electrons. The van der Waals surface area contributed by atoms with Crippen LogP contribution >= 0.6 is 58.0 Å². The van der Waals surface area contributed by atoms with E-state index in [1.165, 1.54) is 0 Å². The number of aromatic nitrogens is 2.